The van der Waals surface area contributed by atoms with Gasteiger partial charge in [-0.1, -0.05) is 12.8 Å². The van der Waals surface area contributed by atoms with Gasteiger partial charge in [0.2, 0.25) is 0 Å². The van der Waals surface area contributed by atoms with Gasteiger partial charge in [0.1, 0.15) is 0 Å². The zero-order valence-electron chi connectivity index (χ0n) is 9.16. The van der Waals surface area contributed by atoms with Crippen molar-refractivity contribution in [2.45, 2.75) is 25.7 Å². The van der Waals surface area contributed by atoms with Crippen molar-refractivity contribution in [2.75, 3.05) is 20.3 Å². The maximum atomic E-state index is 8.47. The number of rotatable bonds is 8. The fourth-order valence-corrected chi connectivity index (χ4v) is 0.835. The molecule has 0 atom stereocenters. The van der Waals surface area contributed by atoms with Crippen molar-refractivity contribution in [3.63, 3.8) is 0 Å². The molecule has 0 aromatic heterocycles. The summed E-state index contributed by atoms with van der Waals surface area (Å²) < 4.78 is 0. The van der Waals surface area contributed by atoms with E-state index in [1.165, 1.54) is 6.42 Å². The van der Waals surface area contributed by atoms with Gasteiger partial charge in [-0.15, -0.1) is 11.0 Å². The second-order valence-electron chi connectivity index (χ2n) is 2.45. The molecular weight excluding hydrogens is 197 g/mol. The van der Waals surface area contributed by atoms with Gasteiger partial charge in [-0.2, -0.15) is 4.84 Å². The molecule has 0 aliphatic heterocycles. The molecule has 0 saturated heterocycles. The van der Waals surface area contributed by atoms with Gasteiger partial charge in [-0.25, -0.2) is 0 Å². The second-order valence-corrected chi connectivity index (χ2v) is 2.45. The first-order valence-electron chi connectivity index (χ1n) is 4.34. The Morgan fingerprint density at radius 1 is 1.29 bits per heavy atom. The average Bonchev–Trinajstić information content (AvgIpc) is 2.20. The zero-order chi connectivity index (χ0) is 10.4. The van der Waals surface area contributed by atoms with Gasteiger partial charge in [0, 0.05) is 13.2 Å². The van der Waals surface area contributed by atoms with Crippen LogP contribution >= 0.6 is 0 Å². The monoisotopic (exact) mass is 218 g/mol. The van der Waals surface area contributed by atoms with Crippen LogP contribution in [-0.4, -0.2) is 25.4 Å². The first-order valence-corrected chi connectivity index (χ1v) is 4.34. The van der Waals surface area contributed by atoms with E-state index in [0.29, 0.717) is 6.61 Å². The number of quaternary nitrogens is 1. The van der Waals surface area contributed by atoms with Gasteiger partial charge in [0.25, 0.3) is 0 Å². The van der Waals surface area contributed by atoms with E-state index in [0.717, 1.165) is 25.8 Å². The van der Waals surface area contributed by atoms with Crippen LogP contribution in [0, 0.1) is 5.21 Å². The minimum atomic E-state index is 0. The second kappa shape index (κ2) is 23.5. The van der Waals surface area contributed by atoms with Crippen LogP contribution in [0.1, 0.15) is 25.7 Å². The van der Waals surface area contributed by atoms with Gasteiger partial charge >= 0.3 is 29.6 Å². The third kappa shape index (κ3) is 23.0. The molecule has 0 aromatic rings. The Kier molecular flexibility index (Phi) is 33.9. The summed E-state index contributed by atoms with van der Waals surface area (Å²) in [7, 11) is 1.62. The predicted octanol–water partition coefficient (Wildman–Crippen LogP) is -4.38. The summed E-state index contributed by atoms with van der Waals surface area (Å²) in [4.78, 5) is 4.69. The molecule has 6 nitrogen and oxygen atoms in total. The third-order valence-electron chi connectivity index (χ3n) is 1.43. The van der Waals surface area contributed by atoms with Crippen LogP contribution < -0.4 is 46.5 Å². The van der Waals surface area contributed by atoms with Gasteiger partial charge in [0.15, 0.2) is 0 Å². The van der Waals surface area contributed by atoms with E-state index < -0.39 is 0 Å². The zero-order valence-corrected chi connectivity index (χ0v) is 11.2. The van der Waals surface area contributed by atoms with Crippen molar-refractivity contribution in [2.24, 2.45) is 5.90 Å². The summed E-state index contributed by atoms with van der Waals surface area (Å²) in [5, 5.41) is 16.2. The number of hydrogen-bond acceptors (Lipinski definition) is 5. The fraction of sp³-hybridized carbons (Fsp3) is 1.00. The third-order valence-corrected chi connectivity index (χ3v) is 1.43. The van der Waals surface area contributed by atoms with Crippen LogP contribution in [-0.2, 0) is 4.84 Å². The molecule has 0 aliphatic carbocycles. The molecule has 14 heavy (non-hydrogen) atoms. The van der Waals surface area contributed by atoms with Crippen LogP contribution in [0.3, 0.4) is 0 Å². The predicted molar refractivity (Wildman–Crippen MR) is 50.0 cm³/mol. The Labute approximate surface area is 107 Å². The summed E-state index contributed by atoms with van der Waals surface area (Å²) in [6.45, 7) is 1.27. The van der Waals surface area contributed by atoms with Crippen molar-refractivity contribution in [1.82, 2.24) is 5.43 Å². The minimum absolute atomic E-state index is 0. The Morgan fingerprint density at radius 3 is 2.36 bits per heavy atom. The number of hydrogen-bond donors (Lipinski definition) is 4. The molecule has 0 bridgehead atoms. The van der Waals surface area contributed by atoms with E-state index in [-0.39, 0.29) is 29.6 Å². The summed E-state index contributed by atoms with van der Waals surface area (Å²) in [6.07, 6.45) is 4.35. The Morgan fingerprint density at radius 2 is 1.86 bits per heavy atom. The largest absolute Gasteiger partial charge is 1.00 e. The fourth-order valence-electron chi connectivity index (χ4n) is 0.835. The molecule has 0 amide bonds. The maximum absolute atomic E-state index is 8.47. The van der Waals surface area contributed by atoms with Crippen molar-refractivity contribution in [3.8, 4) is 0 Å². The quantitative estimate of drug-likeness (QED) is 0.142. The van der Waals surface area contributed by atoms with E-state index in [1.54, 1.807) is 12.7 Å². The van der Waals surface area contributed by atoms with Crippen molar-refractivity contribution in [1.29, 1.82) is 0 Å². The Balaban J connectivity index is -0.000000376. The molecule has 7 heteroatoms. The summed E-state index contributed by atoms with van der Waals surface area (Å²) in [6, 6.07) is 0. The van der Waals surface area contributed by atoms with Crippen LogP contribution in [0.5, 0.6) is 0 Å². The maximum Gasteiger partial charge on any atom is 1.00 e. The van der Waals surface area contributed by atoms with Crippen LogP contribution in [0.2, 0.25) is 0 Å². The molecule has 0 radical (unpaired) electrons. The van der Waals surface area contributed by atoms with Gasteiger partial charge in [-0.05, 0) is 12.8 Å². The Bertz CT molecular complexity index is 73.2. The first kappa shape index (κ1) is 20.2. The standard InChI is InChI=1S/C7H18N2O2.H2NO.Na/c1-11-9-8-6-4-2-3-5-7-10;1-2;/h8-10H,2-7H2,1H3;1H2;/q;-1;+1/p+1. The number of nitrogens with two attached hydrogens (primary N) is 2. The summed E-state index contributed by atoms with van der Waals surface area (Å²) in [5.74, 6) is 3.25. The smallest absolute Gasteiger partial charge is 0.790 e. The number of nitrogens with one attached hydrogen (secondary N) is 1. The molecule has 0 aliphatic rings. The van der Waals surface area contributed by atoms with E-state index in [1.807, 2.05) is 0 Å². The van der Waals surface area contributed by atoms with Gasteiger partial charge in [-0.3, -0.25) is 0 Å². The van der Waals surface area contributed by atoms with E-state index in [2.05, 4.69) is 11.3 Å². The molecule has 0 aromatic carbocycles. The summed E-state index contributed by atoms with van der Waals surface area (Å²) >= 11 is 0. The molecule has 0 rings (SSSR count). The van der Waals surface area contributed by atoms with Crippen LogP contribution in [0.4, 0.5) is 0 Å². The molecule has 0 spiro atoms. The minimum Gasteiger partial charge on any atom is -0.790 e. The SMILES string of the molecule is CO[NH2+]NCCCCCCO.N[O-].[Na+]. The topological polar surface area (TPSA) is 107 Å². The van der Waals surface area contributed by atoms with E-state index >= 15 is 0 Å². The average molecular weight is 218 g/mol. The molecule has 6 N–H and O–H groups in total. The molecule has 0 saturated carbocycles. The summed E-state index contributed by atoms with van der Waals surface area (Å²) in [5.41, 5.74) is 4.59. The molecule has 0 unspecified atom stereocenters. The molecule has 0 fully saturated rings. The van der Waals surface area contributed by atoms with Crippen molar-refractivity contribution >= 4 is 0 Å². The van der Waals surface area contributed by atoms with E-state index in [4.69, 9.17) is 15.2 Å². The number of aliphatic hydroxyl groups is 1. The Hall–Kier alpha value is 0.760. The van der Waals surface area contributed by atoms with Crippen LogP contribution in [0.15, 0.2) is 0 Å². The number of unbranched alkanes of at least 4 members (excludes halogenated alkanes) is 3. The molecule has 0 heterocycles. The van der Waals surface area contributed by atoms with Crippen LogP contribution in [0.25, 0.3) is 0 Å². The number of aliphatic hydroxyl groups excluding tert-OH is 1. The molecule has 82 valence electrons. The van der Waals surface area contributed by atoms with Gasteiger partial charge in [0.05, 0.1) is 7.11 Å². The van der Waals surface area contributed by atoms with Crippen molar-refractivity contribution in [3.05, 3.63) is 5.21 Å². The van der Waals surface area contributed by atoms with Crippen molar-refractivity contribution < 1.29 is 45.1 Å². The van der Waals surface area contributed by atoms with Gasteiger partial charge < -0.3 is 16.2 Å². The normalized spacial score (nSPS) is 8.57. The van der Waals surface area contributed by atoms with E-state index in [9.17, 15) is 0 Å². The first-order chi connectivity index (χ1) is 6.41. The molecular formula is C7H21N3NaO3+.